The second-order valence-corrected chi connectivity index (χ2v) is 4.50. The van der Waals surface area contributed by atoms with E-state index in [9.17, 15) is 4.79 Å². The van der Waals surface area contributed by atoms with E-state index in [4.69, 9.17) is 15.2 Å². The zero-order valence-electron chi connectivity index (χ0n) is 11.4. The van der Waals surface area contributed by atoms with Crippen LogP contribution >= 0.6 is 0 Å². The van der Waals surface area contributed by atoms with E-state index < -0.39 is 5.97 Å². The van der Waals surface area contributed by atoms with Crippen LogP contribution in [0.3, 0.4) is 0 Å². The summed E-state index contributed by atoms with van der Waals surface area (Å²) < 4.78 is 10.7. The average molecular weight is 251 g/mol. The van der Waals surface area contributed by atoms with E-state index in [1.165, 1.54) is 0 Å². The van der Waals surface area contributed by atoms with Crippen molar-refractivity contribution in [2.24, 2.45) is 5.92 Å². The van der Waals surface area contributed by atoms with Gasteiger partial charge in [-0.2, -0.15) is 0 Å². The van der Waals surface area contributed by atoms with Gasteiger partial charge in [0.05, 0.1) is 24.0 Å². The molecule has 0 heterocycles. The molecule has 1 aromatic rings. The molecule has 1 unspecified atom stereocenters. The Kier molecular flexibility index (Phi) is 5.01. The molecule has 1 aromatic carbocycles. The van der Waals surface area contributed by atoms with Crippen molar-refractivity contribution in [3.8, 4) is 5.75 Å². The third kappa shape index (κ3) is 3.39. The highest BCUT2D eigenvalue weighted by atomic mass is 16.5. The topological polar surface area (TPSA) is 61.5 Å². The second-order valence-electron chi connectivity index (χ2n) is 4.50. The Morgan fingerprint density at radius 2 is 2.00 bits per heavy atom. The van der Waals surface area contributed by atoms with Gasteiger partial charge in [0, 0.05) is 0 Å². The summed E-state index contributed by atoms with van der Waals surface area (Å²) in [5.74, 6) is 0.482. The van der Waals surface area contributed by atoms with Crippen molar-refractivity contribution in [1.82, 2.24) is 0 Å². The number of para-hydroxylation sites is 1. The zero-order chi connectivity index (χ0) is 13.7. The maximum atomic E-state index is 11.7. The lowest BCUT2D eigenvalue weighted by Gasteiger charge is -2.20. The summed E-state index contributed by atoms with van der Waals surface area (Å²) in [7, 11) is 0. The summed E-state index contributed by atoms with van der Waals surface area (Å²) in [6, 6.07) is 5.14. The Bertz CT molecular complexity index is 416. The molecule has 0 saturated carbocycles. The van der Waals surface area contributed by atoms with Crippen LogP contribution in [0.2, 0.25) is 0 Å². The molecule has 1 rings (SSSR count). The summed E-state index contributed by atoms with van der Waals surface area (Å²) in [6.07, 6.45) is 0.0322. The molecule has 0 aliphatic carbocycles. The van der Waals surface area contributed by atoms with E-state index in [1.807, 2.05) is 6.92 Å². The quantitative estimate of drug-likeness (QED) is 0.645. The highest BCUT2D eigenvalue weighted by Crippen LogP contribution is 2.27. The van der Waals surface area contributed by atoms with Gasteiger partial charge in [-0.25, -0.2) is 4.79 Å². The molecule has 2 N–H and O–H groups in total. The number of carbonyl (C=O) groups excluding carboxylic acids is 1. The number of benzene rings is 1. The van der Waals surface area contributed by atoms with Crippen LogP contribution in [0.4, 0.5) is 5.69 Å². The molecule has 0 aliphatic rings. The molecule has 0 bridgehead atoms. The van der Waals surface area contributed by atoms with Crippen LogP contribution in [0.15, 0.2) is 18.2 Å². The lowest BCUT2D eigenvalue weighted by Crippen LogP contribution is -2.20. The number of ether oxygens (including phenoxy) is 2. The van der Waals surface area contributed by atoms with Crippen molar-refractivity contribution < 1.29 is 14.3 Å². The van der Waals surface area contributed by atoms with Crippen LogP contribution in [0.25, 0.3) is 0 Å². The van der Waals surface area contributed by atoms with Crippen molar-refractivity contribution in [3.63, 3.8) is 0 Å². The molecule has 4 nitrogen and oxygen atoms in total. The number of rotatable bonds is 5. The van der Waals surface area contributed by atoms with Gasteiger partial charge in [-0.05, 0) is 31.9 Å². The molecule has 0 amide bonds. The maximum Gasteiger partial charge on any atom is 0.340 e. The number of anilines is 1. The second kappa shape index (κ2) is 6.28. The summed E-state index contributed by atoms with van der Waals surface area (Å²) in [4.78, 5) is 11.7. The monoisotopic (exact) mass is 251 g/mol. The van der Waals surface area contributed by atoms with Gasteiger partial charge >= 0.3 is 5.97 Å². The number of hydrogen-bond acceptors (Lipinski definition) is 4. The van der Waals surface area contributed by atoms with Crippen LogP contribution in [-0.2, 0) is 4.74 Å². The first kappa shape index (κ1) is 14.4. The average Bonchev–Trinajstić information content (AvgIpc) is 2.31. The predicted octanol–water partition coefficient (Wildman–Crippen LogP) is 2.87. The molecular formula is C14H21NO3. The zero-order valence-corrected chi connectivity index (χ0v) is 11.4. The van der Waals surface area contributed by atoms with Crippen molar-refractivity contribution in [1.29, 1.82) is 0 Å². The van der Waals surface area contributed by atoms with Gasteiger partial charge in [0.1, 0.15) is 5.75 Å². The van der Waals surface area contributed by atoms with Gasteiger partial charge in [-0.1, -0.05) is 19.9 Å². The number of nitrogen functional groups attached to an aromatic ring is 1. The number of carbonyl (C=O) groups is 1. The van der Waals surface area contributed by atoms with Crippen molar-refractivity contribution >= 4 is 11.7 Å². The van der Waals surface area contributed by atoms with E-state index in [2.05, 4.69) is 13.8 Å². The first-order valence-corrected chi connectivity index (χ1v) is 6.19. The van der Waals surface area contributed by atoms with Gasteiger partial charge in [0.15, 0.2) is 0 Å². The molecule has 1 atom stereocenters. The van der Waals surface area contributed by atoms with E-state index in [0.29, 0.717) is 29.5 Å². The summed E-state index contributed by atoms with van der Waals surface area (Å²) in [5.41, 5.74) is 6.63. The van der Waals surface area contributed by atoms with E-state index >= 15 is 0 Å². The number of hydrogen-bond donors (Lipinski definition) is 1. The Hall–Kier alpha value is -1.71. The highest BCUT2D eigenvalue weighted by molar-refractivity contribution is 5.96. The molecule has 100 valence electrons. The first-order valence-electron chi connectivity index (χ1n) is 6.19. The fourth-order valence-corrected chi connectivity index (χ4v) is 1.37. The minimum atomic E-state index is -0.419. The minimum Gasteiger partial charge on any atom is -0.488 e. The lowest BCUT2D eigenvalue weighted by molar-refractivity contribution is 0.0527. The summed E-state index contributed by atoms with van der Waals surface area (Å²) >= 11 is 0. The fraction of sp³-hybridized carbons (Fsp3) is 0.500. The Morgan fingerprint density at radius 3 is 2.56 bits per heavy atom. The maximum absolute atomic E-state index is 11.7. The van der Waals surface area contributed by atoms with Crippen LogP contribution in [0, 0.1) is 5.92 Å². The smallest absolute Gasteiger partial charge is 0.340 e. The third-order valence-corrected chi connectivity index (χ3v) is 2.81. The predicted molar refractivity (Wildman–Crippen MR) is 71.7 cm³/mol. The van der Waals surface area contributed by atoms with Crippen molar-refractivity contribution in [3.05, 3.63) is 23.8 Å². The lowest BCUT2D eigenvalue weighted by atomic mass is 10.1. The van der Waals surface area contributed by atoms with E-state index in [1.54, 1.807) is 25.1 Å². The van der Waals surface area contributed by atoms with Crippen LogP contribution in [0.5, 0.6) is 5.75 Å². The van der Waals surface area contributed by atoms with Gasteiger partial charge in [-0.15, -0.1) is 0 Å². The van der Waals surface area contributed by atoms with Gasteiger partial charge in [-0.3, -0.25) is 0 Å². The SMILES string of the molecule is CCOC(=O)c1cccc(OC(C)C(C)C)c1N. The largest absolute Gasteiger partial charge is 0.488 e. The molecule has 0 radical (unpaired) electrons. The highest BCUT2D eigenvalue weighted by Gasteiger charge is 2.16. The molecule has 0 spiro atoms. The van der Waals surface area contributed by atoms with Crippen molar-refractivity contribution in [2.45, 2.75) is 33.8 Å². The van der Waals surface area contributed by atoms with Crippen LogP contribution in [0.1, 0.15) is 38.1 Å². The van der Waals surface area contributed by atoms with Crippen molar-refractivity contribution in [2.75, 3.05) is 12.3 Å². The molecule has 0 aliphatic heterocycles. The number of nitrogens with two attached hydrogens (primary N) is 1. The minimum absolute atomic E-state index is 0.0322. The molecule has 0 aromatic heterocycles. The fourth-order valence-electron chi connectivity index (χ4n) is 1.37. The normalized spacial score (nSPS) is 12.3. The summed E-state index contributed by atoms with van der Waals surface area (Å²) in [6.45, 7) is 8.19. The molecular weight excluding hydrogens is 230 g/mol. The Morgan fingerprint density at radius 1 is 1.33 bits per heavy atom. The van der Waals surface area contributed by atoms with Crippen LogP contribution in [-0.4, -0.2) is 18.7 Å². The van der Waals surface area contributed by atoms with E-state index in [-0.39, 0.29) is 6.10 Å². The Labute approximate surface area is 108 Å². The van der Waals surface area contributed by atoms with Crippen LogP contribution < -0.4 is 10.5 Å². The molecule has 18 heavy (non-hydrogen) atoms. The molecule has 0 saturated heterocycles. The third-order valence-electron chi connectivity index (χ3n) is 2.81. The van der Waals surface area contributed by atoms with Gasteiger partial charge in [0.2, 0.25) is 0 Å². The van der Waals surface area contributed by atoms with Gasteiger partial charge in [0.25, 0.3) is 0 Å². The standard InChI is InChI=1S/C14H21NO3/c1-5-17-14(16)11-7-6-8-12(13(11)15)18-10(4)9(2)3/h6-10H,5,15H2,1-4H3. The Balaban J connectivity index is 2.95. The summed E-state index contributed by atoms with van der Waals surface area (Å²) in [5, 5.41) is 0. The molecule has 0 fully saturated rings. The van der Waals surface area contributed by atoms with Gasteiger partial charge < -0.3 is 15.2 Å². The first-order chi connectivity index (χ1) is 8.47. The van der Waals surface area contributed by atoms with E-state index in [0.717, 1.165) is 0 Å². The number of esters is 1. The molecule has 4 heteroatoms.